The Kier molecular flexibility index (Phi) is 5.91. The van der Waals surface area contributed by atoms with Crippen molar-refractivity contribution in [2.45, 2.75) is 19.3 Å². The largest absolute Gasteiger partial charge is 0.475 e. The van der Waals surface area contributed by atoms with Crippen molar-refractivity contribution in [3.05, 3.63) is 17.5 Å². The lowest BCUT2D eigenvalue weighted by atomic mass is 9.81. The lowest BCUT2D eigenvalue weighted by molar-refractivity contribution is -0.135. The monoisotopic (exact) mass is 338 g/mol. The molecule has 9 heteroatoms. The molecule has 2 heterocycles. The summed E-state index contributed by atoms with van der Waals surface area (Å²) in [5.41, 5.74) is 5.67. The third-order valence-corrected chi connectivity index (χ3v) is 4.26. The minimum Gasteiger partial charge on any atom is -0.475 e. The number of primary amides is 1. The van der Waals surface area contributed by atoms with Gasteiger partial charge in [0.15, 0.2) is 0 Å². The number of rotatable bonds is 7. The highest BCUT2D eigenvalue weighted by molar-refractivity contribution is 5.84. The highest BCUT2D eigenvalue weighted by atomic mass is 16.5. The van der Waals surface area contributed by atoms with Crippen molar-refractivity contribution in [1.29, 1.82) is 0 Å². The van der Waals surface area contributed by atoms with Gasteiger partial charge in [0.25, 0.3) is 0 Å². The molecule has 0 spiro atoms. The predicted molar refractivity (Wildman–Crippen MR) is 83.1 cm³/mol. The van der Waals surface area contributed by atoms with E-state index in [-0.39, 0.29) is 30.0 Å². The van der Waals surface area contributed by atoms with E-state index in [1.165, 1.54) is 11.0 Å². The number of likely N-dealkylation sites (N-methyl/N-ethyl adjacent to an activating group) is 1. The molecule has 1 aliphatic heterocycles. The van der Waals surface area contributed by atoms with Crippen molar-refractivity contribution in [3.63, 3.8) is 0 Å². The molecule has 0 radical (unpaired) electrons. The van der Waals surface area contributed by atoms with Gasteiger partial charge in [0, 0.05) is 19.5 Å². The van der Waals surface area contributed by atoms with Gasteiger partial charge in [-0.05, 0) is 37.8 Å². The van der Waals surface area contributed by atoms with Crippen molar-refractivity contribution in [3.8, 4) is 0 Å². The van der Waals surface area contributed by atoms with Crippen molar-refractivity contribution < 1.29 is 24.0 Å². The van der Waals surface area contributed by atoms with Gasteiger partial charge >= 0.3 is 5.97 Å². The lowest BCUT2D eigenvalue weighted by Gasteiger charge is -2.32. The highest BCUT2D eigenvalue weighted by Gasteiger charge is 2.29. The van der Waals surface area contributed by atoms with Crippen LogP contribution in [0.1, 0.15) is 29.1 Å². The maximum absolute atomic E-state index is 12.2. The fraction of sp³-hybridized carbons (Fsp3) is 0.600. The summed E-state index contributed by atoms with van der Waals surface area (Å²) in [4.78, 5) is 35.3. The van der Waals surface area contributed by atoms with Crippen LogP contribution in [0.15, 0.2) is 10.6 Å². The molecule has 0 aliphatic carbocycles. The number of amides is 2. The number of hydrogen-bond donors (Lipinski definition) is 3. The third-order valence-electron chi connectivity index (χ3n) is 4.26. The lowest BCUT2D eigenvalue weighted by Crippen LogP contribution is -2.42. The second-order valence-electron chi connectivity index (χ2n) is 6.12. The molecule has 2 atom stereocenters. The molecule has 0 bridgehead atoms. The Labute approximate surface area is 139 Å². The predicted octanol–water partition coefficient (Wildman–Crippen LogP) is -0.525. The summed E-state index contributed by atoms with van der Waals surface area (Å²) < 4.78 is 4.77. The average Bonchev–Trinajstić information content (AvgIpc) is 2.97. The molecule has 1 aliphatic rings. The number of aromatic nitrogens is 1. The van der Waals surface area contributed by atoms with Crippen LogP contribution in [0, 0.1) is 11.8 Å². The number of carboxylic acid groups (broad SMARTS) is 1. The van der Waals surface area contributed by atoms with Gasteiger partial charge < -0.3 is 25.6 Å². The Morgan fingerprint density at radius 2 is 2.21 bits per heavy atom. The molecule has 9 nitrogen and oxygen atoms in total. The summed E-state index contributed by atoms with van der Waals surface area (Å²) in [5.74, 6) is -1.76. The molecule has 1 saturated heterocycles. The van der Waals surface area contributed by atoms with Crippen LogP contribution >= 0.6 is 0 Å². The molecule has 1 aromatic rings. The molecular weight excluding hydrogens is 316 g/mol. The summed E-state index contributed by atoms with van der Waals surface area (Å²) >= 11 is 0. The van der Waals surface area contributed by atoms with Crippen molar-refractivity contribution in [1.82, 2.24) is 15.4 Å². The quantitative estimate of drug-likeness (QED) is 0.607. The van der Waals surface area contributed by atoms with Gasteiger partial charge in [-0.25, -0.2) is 4.79 Å². The Bertz CT molecular complexity index is 615. The van der Waals surface area contributed by atoms with E-state index in [4.69, 9.17) is 15.4 Å². The number of carboxylic acids is 1. The van der Waals surface area contributed by atoms with Crippen LogP contribution in [0.25, 0.3) is 0 Å². The van der Waals surface area contributed by atoms with Gasteiger partial charge in [-0.2, -0.15) is 0 Å². The fourth-order valence-corrected chi connectivity index (χ4v) is 2.96. The number of nitrogens with zero attached hydrogens (tertiary/aromatic N) is 2. The summed E-state index contributed by atoms with van der Waals surface area (Å²) in [5, 5.41) is 15.9. The second kappa shape index (κ2) is 7.91. The first kappa shape index (κ1) is 17.9. The van der Waals surface area contributed by atoms with E-state index in [1.807, 2.05) is 0 Å². The Morgan fingerprint density at radius 1 is 1.46 bits per heavy atom. The fourth-order valence-electron chi connectivity index (χ4n) is 2.96. The van der Waals surface area contributed by atoms with Crippen molar-refractivity contribution >= 4 is 17.8 Å². The number of nitrogens with two attached hydrogens (primary N) is 1. The molecule has 24 heavy (non-hydrogen) atoms. The highest BCUT2D eigenvalue weighted by Crippen LogP contribution is 2.26. The molecule has 0 aromatic carbocycles. The van der Waals surface area contributed by atoms with Gasteiger partial charge in [0.1, 0.15) is 0 Å². The van der Waals surface area contributed by atoms with E-state index in [0.717, 1.165) is 13.0 Å². The first-order valence-electron chi connectivity index (χ1n) is 7.78. The smallest absolute Gasteiger partial charge is 0.374 e. The minimum absolute atomic E-state index is 0.0975. The molecule has 132 valence electrons. The molecule has 1 aromatic heterocycles. The summed E-state index contributed by atoms with van der Waals surface area (Å²) in [6.45, 7) is 1.43. The van der Waals surface area contributed by atoms with Crippen LogP contribution in [-0.4, -0.2) is 59.6 Å². The van der Waals surface area contributed by atoms with Gasteiger partial charge in [0.05, 0.1) is 12.2 Å². The summed E-state index contributed by atoms with van der Waals surface area (Å²) in [6, 6.07) is 1.41. The van der Waals surface area contributed by atoms with Gasteiger partial charge in [-0.3, -0.25) is 9.59 Å². The topological polar surface area (TPSA) is 139 Å². The van der Waals surface area contributed by atoms with Gasteiger partial charge in [0.2, 0.25) is 17.6 Å². The van der Waals surface area contributed by atoms with Crippen LogP contribution in [0.3, 0.4) is 0 Å². The Balaban J connectivity index is 1.97. The van der Waals surface area contributed by atoms with Gasteiger partial charge in [-0.1, -0.05) is 5.16 Å². The Hall–Kier alpha value is -2.42. The number of carbonyl (C=O) groups excluding carboxylic acids is 2. The molecule has 2 unspecified atom stereocenters. The van der Waals surface area contributed by atoms with Crippen molar-refractivity contribution in [2.75, 3.05) is 26.7 Å². The Morgan fingerprint density at radius 3 is 2.83 bits per heavy atom. The van der Waals surface area contributed by atoms with Gasteiger partial charge in [-0.15, -0.1) is 0 Å². The number of aromatic carboxylic acids is 1. The van der Waals surface area contributed by atoms with E-state index in [2.05, 4.69) is 10.5 Å². The van der Waals surface area contributed by atoms with Crippen LogP contribution < -0.4 is 11.1 Å². The third kappa shape index (κ3) is 4.79. The van der Waals surface area contributed by atoms with E-state index < -0.39 is 11.9 Å². The normalized spacial score (nSPS) is 20.5. The molecule has 2 amide bonds. The first-order chi connectivity index (χ1) is 11.4. The maximum Gasteiger partial charge on any atom is 0.374 e. The van der Waals surface area contributed by atoms with E-state index in [9.17, 15) is 14.4 Å². The standard InChI is InChI=1S/C15H22N4O5/c1-19(8-13(16)20)14(21)5-9-2-3-17-7-10(9)4-11-6-12(15(22)23)24-18-11/h6,9-10,17H,2-5,7-8H2,1H3,(H2,16,20)(H,22,23). The maximum atomic E-state index is 12.2. The molecule has 4 N–H and O–H groups in total. The first-order valence-corrected chi connectivity index (χ1v) is 7.78. The molecule has 1 fully saturated rings. The zero-order valence-corrected chi connectivity index (χ0v) is 13.5. The van der Waals surface area contributed by atoms with Crippen LogP contribution in [0.4, 0.5) is 0 Å². The second-order valence-corrected chi connectivity index (χ2v) is 6.12. The number of hydrogen-bond acceptors (Lipinski definition) is 6. The van der Waals surface area contributed by atoms with E-state index in [0.29, 0.717) is 25.1 Å². The molecule has 2 rings (SSSR count). The van der Waals surface area contributed by atoms with E-state index in [1.54, 1.807) is 7.05 Å². The number of carbonyl (C=O) groups is 3. The number of nitrogens with one attached hydrogen (secondary N) is 1. The van der Waals surface area contributed by atoms with Crippen LogP contribution in [0.5, 0.6) is 0 Å². The van der Waals surface area contributed by atoms with Crippen LogP contribution in [0.2, 0.25) is 0 Å². The average molecular weight is 338 g/mol. The molecule has 0 saturated carbocycles. The van der Waals surface area contributed by atoms with Crippen molar-refractivity contribution in [2.24, 2.45) is 17.6 Å². The van der Waals surface area contributed by atoms with E-state index >= 15 is 0 Å². The SMILES string of the molecule is CN(CC(N)=O)C(=O)CC1CCNCC1Cc1cc(C(=O)O)on1. The molecular formula is C15H22N4O5. The zero-order valence-electron chi connectivity index (χ0n) is 13.5. The summed E-state index contributed by atoms with van der Waals surface area (Å²) in [6.07, 6.45) is 1.67. The number of piperidine rings is 1. The summed E-state index contributed by atoms with van der Waals surface area (Å²) in [7, 11) is 1.56. The minimum atomic E-state index is -1.16. The zero-order chi connectivity index (χ0) is 17.7. The van der Waals surface area contributed by atoms with Crippen LogP contribution in [-0.2, 0) is 16.0 Å².